The second-order valence-corrected chi connectivity index (χ2v) is 4.40. The van der Waals surface area contributed by atoms with Crippen LogP contribution in [0.4, 0.5) is 0 Å². The van der Waals surface area contributed by atoms with Crippen molar-refractivity contribution in [3.05, 3.63) is 0 Å². The molecule has 0 spiro atoms. The molecule has 0 aromatic carbocycles. The molecular formula is C12H21N. The first-order valence-electron chi connectivity index (χ1n) is 5.70. The van der Waals surface area contributed by atoms with Gasteiger partial charge in [-0.25, -0.2) is 0 Å². The molecular weight excluding hydrogens is 158 g/mol. The van der Waals surface area contributed by atoms with Crippen LogP contribution in [-0.4, -0.2) is 0 Å². The number of nitriles is 1. The summed E-state index contributed by atoms with van der Waals surface area (Å²) in [5.41, 5.74) is 0.0893. The third-order valence-corrected chi connectivity index (χ3v) is 3.52. The van der Waals surface area contributed by atoms with Crippen molar-refractivity contribution in [2.24, 2.45) is 11.3 Å². The van der Waals surface area contributed by atoms with E-state index in [9.17, 15) is 5.26 Å². The molecule has 0 unspecified atom stereocenters. The molecule has 0 aromatic rings. The molecule has 0 aliphatic heterocycles. The Balaban J connectivity index is 2.56. The van der Waals surface area contributed by atoms with Crippen LogP contribution < -0.4 is 0 Å². The highest BCUT2D eigenvalue weighted by molar-refractivity contribution is 5.07. The summed E-state index contributed by atoms with van der Waals surface area (Å²) >= 11 is 0. The average Bonchev–Trinajstić information content (AvgIpc) is 2.04. The molecule has 0 bridgehead atoms. The van der Waals surface area contributed by atoms with Crippen molar-refractivity contribution in [2.75, 3.05) is 0 Å². The quantitative estimate of drug-likeness (QED) is 0.628. The molecule has 1 aliphatic carbocycles. The maximum Gasteiger partial charge on any atom is 0.0692 e. The monoisotopic (exact) mass is 179 g/mol. The summed E-state index contributed by atoms with van der Waals surface area (Å²) in [5, 5.41) is 9.21. The predicted molar refractivity (Wildman–Crippen MR) is 55.2 cm³/mol. The molecule has 1 rings (SSSR count). The Bertz CT molecular complexity index is 180. The first-order valence-corrected chi connectivity index (χ1v) is 5.70. The van der Waals surface area contributed by atoms with E-state index in [1.54, 1.807) is 0 Å². The number of nitrogens with zero attached hydrogens (tertiary/aromatic N) is 1. The molecule has 13 heavy (non-hydrogen) atoms. The van der Waals surface area contributed by atoms with Gasteiger partial charge in [0.25, 0.3) is 0 Å². The average molecular weight is 179 g/mol. The standard InChI is InChI=1S/C12H21N/c1-3-6-11(7-4-2)12(10-13)8-5-9-12/h11H,3-9H2,1-2H3. The zero-order valence-electron chi connectivity index (χ0n) is 8.97. The topological polar surface area (TPSA) is 23.8 Å². The second-order valence-electron chi connectivity index (χ2n) is 4.40. The van der Waals surface area contributed by atoms with Gasteiger partial charge in [0.1, 0.15) is 0 Å². The molecule has 1 saturated carbocycles. The van der Waals surface area contributed by atoms with E-state index in [-0.39, 0.29) is 5.41 Å². The van der Waals surface area contributed by atoms with Gasteiger partial charge in [0.2, 0.25) is 0 Å². The highest BCUT2D eigenvalue weighted by Gasteiger charge is 2.43. The molecule has 1 fully saturated rings. The lowest BCUT2D eigenvalue weighted by molar-refractivity contribution is 0.101. The number of rotatable bonds is 5. The summed E-state index contributed by atoms with van der Waals surface area (Å²) in [5.74, 6) is 0.682. The highest BCUT2D eigenvalue weighted by atomic mass is 14.5. The van der Waals surface area contributed by atoms with Gasteiger partial charge in [0.05, 0.1) is 11.5 Å². The van der Waals surface area contributed by atoms with Gasteiger partial charge in [0, 0.05) is 0 Å². The summed E-state index contributed by atoms with van der Waals surface area (Å²) in [6.07, 6.45) is 8.56. The molecule has 0 aromatic heterocycles. The molecule has 0 saturated heterocycles. The zero-order valence-corrected chi connectivity index (χ0v) is 8.97. The smallest absolute Gasteiger partial charge is 0.0692 e. The molecule has 74 valence electrons. The maximum absolute atomic E-state index is 9.21. The minimum atomic E-state index is 0.0893. The van der Waals surface area contributed by atoms with Crippen molar-refractivity contribution in [3.63, 3.8) is 0 Å². The van der Waals surface area contributed by atoms with Crippen molar-refractivity contribution < 1.29 is 0 Å². The molecule has 0 N–H and O–H groups in total. The molecule has 1 nitrogen and oxygen atoms in total. The van der Waals surface area contributed by atoms with Crippen LogP contribution in [0.25, 0.3) is 0 Å². The van der Waals surface area contributed by atoms with Gasteiger partial charge in [0.15, 0.2) is 0 Å². The van der Waals surface area contributed by atoms with E-state index in [1.807, 2.05) is 0 Å². The Morgan fingerprint density at radius 3 is 2.00 bits per heavy atom. The minimum Gasteiger partial charge on any atom is -0.198 e. The van der Waals surface area contributed by atoms with E-state index >= 15 is 0 Å². The Morgan fingerprint density at radius 2 is 1.77 bits per heavy atom. The summed E-state index contributed by atoms with van der Waals surface area (Å²) in [6, 6.07) is 2.58. The largest absolute Gasteiger partial charge is 0.198 e. The second kappa shape index (κ2) is 4.65. The van der Waals surface area contributed by atoms with E-state index in [0.717, 1.165) is 12.8 Å². The van der Waals surface area contributed by atoms with Crippen LogP contribution in [-0.2, 0) is 0 Å². The fourth-order valence-electron chi connectivity index (χ4n) is 2.56. The number of hydrogen-bond acceptors (Lipinski definition) is 1. The van der Waals surface area contributed by atoms with E-state index < -0.39 is 0 Å². The van der Waals surface area contributed by atoms with E-state index in [1.165, 1.54) is 32.1 Å². The molecule has 1 heteroatoms. The van der Waals surface area contributed by atoms with Gasteiger partial charge >= 0.3 is 0 Å². The Labute approximate surface area is 82.1 Å². The highest BCUT2D eigenvalue weighted by Crippen LogP contribution is 2.49. The van der Waals surface area contributed by atoms with Crippen molar-refractivity contribution in [1.29, 1.82) is 5.26 Å². The van der Waals surface area contributed by atoms with Crippen LogP contribution in [0.2, 0.25) is 0 Å². The first-order chi connectivity index (χ1) is 6.29. The van der Waals surface area contributed by atoms with Crippen LogP contribution in [0.15, 0.2) is 0 Å². The Morgan fingerprint density at radius 1 is 1.23 bits per heavy atom. The third kappa shape index (κ3) is 2.05. The predicted octanol–water partition coefficient (Wildman–Crippen LogP) is 3.90. The third-order valence-electron chi connectivity index (χ3n) is 3.52. The van der Waals surface area contributed by atoms with Gasteiger partial charge in [-0.15, -0.1) is 0 Å². The van der Waals surface area contributed by atoms with Crippen LogP contribution in [0.3, 0.4) is 0 Å². The van der Waals surface area contributed by atoms with Gasteiger partial charge in [-0.1, -0.05) is 33.1 Å². The lowest BCUT2D eigenvalue weighted by Gasteiger charge is -2.42. The summed E-state index contributed by atoms with van der Waals surface area (Å²) < 4.78 is 0. The van der Waals surface area contributed by atoms with Crippen LogP contribution in [0.5, 0.6) is 0 Å². The molecule has 1 aliphatic rings. The maximum atomic E-state index is 9.21. The molecule has 0 heterocycles. The van der Waals surface area contributed by atoms with Crippen LogP contribution in [0, 0.1) is 22.7 Å². The van der Waals surface area contributed by atoms with Gasteiger partial charge in [-0.05, 0) is 31.6 Å². The van der Waals surface area contributed by atoms with Crippen molar-refractivity contribution >= 4 is 0 Å². The Hall–Kier alpha value is -0.510. The lowest BCUT2D eigenvalue weighted by atomic mass is 9.60. The van der Waals surface area contributed by atoms with Crippen molar-refractivity contribution in [2.45, 2.75) is 58.8 Å². The molecule has 0 amide bonds. The fraction of sp³-hybridized carbons (Fsp3) is 0.917. The lowest BCUT2D eigenvalue weighted by Crippen LogP contribution is -2.36. The Kier molecular flexibility index (Phi) is 3.78. The molecule has 0 atom stereocenters. The first kappa shape index (κ1) is 10.6. The van der Waals surface area contributed by atoms with Gasteiger partial charge < -0.3 is 0 Å². The van der Waals surface area contributed by atoms with Crippen LogP contribution in [0.1, 0.15) is 58.8 Å². The fourth-order valence-corrected chi connectivity index (χ4v) is 2.56. The number of hydrogen-bond donors (Lipinski definition) is 0. The van der Waals surface area contributed by atoms with E-state index in [0.29, 0.717) is 5.92 Å². The normalized spacial score (nSPS) is 19.5. The summed E-state index contributed by atoms with van der Waals surface area (Å²) in [6.45, 7) is 4.46. The zero-order chi connectivity index (χ0) is 9.73. The molecule has 0 radical (unpaired) electrons. The SMILES string of the molecule is CCCC(CCC)C1(C#N)CCC1. The minimum absolute atomic E-state index is 0.0893. The van der Waals surface area contributed by atoms with Gasteiger partial charge in [-0.2, -0.15) is 5.26 Å². The van der Waals surface area contributed by atoms with Crippen LogP contribution >= 0.6 is 0 Å². The van der Waals surface area contributed by atoms with E-state index in [2.05, 4.69) is 19.9 Å². The summed E-state index contributed by atoms with van der Waals surface area (Å²) in [4.78, 5) is 0. The summed E-state index contributed by atoms with van der Waals surface area (Å²) in [7, 11) is 0. The van der Waals surface area contributed by atoms with Crippen molar-refractivity contribution in [1.82, 2.24) is 0 Å². The van der Waals surface area contributed by atoms with E-state index in [4.69, 9.17) is 0 Å². The van der Waals surface area contributed by atoms with Gasteiger partial charge in [-0.3, -0.25) is 0 Å². The van der Waals surface area contributed by atoms with Crippen molar-refractivity contribution in [3.8, 4) is 6.07 Å².